The Balaban J connectivity index is 5.79. The van der Waals surface area contributed by atoms with Crippen molar-refractivity contribution in [3.63, 3.8) is 0 Å². The Morgan fingerprint density at radius 2 is 1.11 bits per heavy atom. The third-order valence-electron chi connectivity index (χ3n) is 1.82. The van der Waals surface area contributed by atoms with Gasteiger partial charge in [0.25, 0.3) is 6.43 Å². The summed E-state index contributed by atoms with van der Waals surface area (Å²) in [7, 11) is 0. The minimum Gasteiger partial charge on any atom is -0.234 e. The second-order valence-electron chi connectivity index (χ2n) is 3.08. The number of halogens is 12. The number of allylic oxidation sites excluding steroid dienone is 1. The van der Waals surface area contributed by atoms with Crippen molar-refractivity contribution in [3.8, 4) is 0 Å². The molecule has 0 aliphatic rings. The maximum Gasteiger partial charge on any atom is 0.382 e. The topological polar surface area (TPSA) is 0 Å². The largest absolute Gasteiger partial charge is 0.382 e. The quantitative estimate of drug-likeness (QED) is 0.652. The summed E-state index contributed by atoms with van der Waals surface area (Å²) in [5, 5.41) is 0. The number of rotatable bonds is 5. The van der Waals surface area contributed by atoms with E-state index in [1.807, 2.05) is 0 Å². The lowest BCUT2D eigenvalue weighted by Gasteiger charge is -2.32. The summed E-state index contributed by atoms with van der Waals surface area (Å²) >= 11 is 0. The van der Waals surface area contributed by atoms with E-state index >= 15 is 0 Å². The average Bonchev–Trinajstić information content (AvgIpc) is 2.25. The van der Waals surface area contributed by atoms with Gasteiger partial charge in [-0.1, -0.05) is 0 Å². The molecule has 0 aromatic carbocycles. The summed E-state index contributed by atoms with van der Waals surface area (Å²) in [6.07, 6.45) is -14.0. The molecule has 0 aliphatic heterocycles. The van der Waals surface area contributed by atoms with Crippen molar-refractivity contribution < 1.29 is 52.7 Å². The molecule has 0 nitrogen and oxygen atoms in total. The predicted molar refractivity (Wildman–Crippen MR) is 36.1 cm³/mol. The number of hydrogen-bond acceptors (Lipinski definition) is 0. The summed E-state index contributed by atoms with van der Waals surface area (Å²) in [5.74, 6) is -25.0. The molecule has 0 saturated carbocycles. The second kappa shape index (κ2) is 5.12. The molecule has 0 amide bonds. The van der Waals surface area contributed by atoms with E-state index in [1.165, 1.54) is 0 Å². The number of hydrogen-bond donors (Lipinski definition) is 0. The van der Waals surface area contributed by atoms with Crippen LogP contribution in [0.1, 0.15) is 0 Å². The molecule has 0 radical (unpaired) electrons. The van der Waals surface area contributed by atoms with Crippen LogP contribution in [0.15, 0.2) is 11.9 Å². The molecule has 19 heavy (non-hydrogen) atoms. The summed E-state index contributed by atoms with van der Waals surface area (Å²) < 4.78 is 145. The van der Waals surface area contributed by atoms with Crippen molar-refractivity contribution in [3.05, 3.63) is 11.9 Å². The first-order valence-corrected chi connectivity index (χ1v) is 3.98. The van der Waals surface area contributed by atoms with Gasteiger partial charge in [0, 0.05) is 0 Å². The average molecular weight is 314 g/mol. The van der Waals surface area contributed by atoms with E-state index in [0.29, 0.717) is 0 Å². The Morgan fingerprint density at radius 3 is 1.37 bits per heavy atom. The van der Waals surface area contributed by atoms with Crippen molar-refractivity contribution in [2.24, 2.45) is 0 Å². The van der Waals surface area contributed by atoms with Crippen molar-refractivity contribution in [1.29, 1.82) is 0 Å². The summed E-state index contributed by atoms with van der Waals surface area (Å²) in [5.41, 5.74) is 0. The molecular weight excluding hydrogens is 312 g/mol. The summed E-state index contributed by atoms with van der Waals surface area (Å²) in [6, 6.07) is 0. The Kier molecular flexibility index (Phi) is 4.82. The minimum absolute atomic E-state index is 4.08. The van der Waals surface area contributed by atoms with Gasteiger partial charge >= 0.3 is 23.8 Å². The first-order chi connectivity index (χ1) is 8.21. The van der Waals surface area contributed by atoms with Gasteiger partial charge in [0.15, 0.2) is 0 Å². The van der Waals surface area contributed by atoms with Gasteiger partial charge in [-0.3, -0.25) is 0 Å². The second-order valence-corrected chi connectivity index (χ2v) is 3.08. The molecule has 1 unspecified atom stereocenters. The maximum atomic E-state index is 12.5. The fourth-order valence-corrected chi connectivity index (χ4v) is 0.797. The molecular formula is C7H2F12. The standard InChI is InChI=1S/C7H2F12/c8-1(3(10)11)5(14,15)7(18,19)6(16,17)2(9)4(12)13/h1,3H. The zero-order valence-electron chi connectivity index (χ0n) is 8.19. The SMILES string of the molecule is FC(F)=C(F)C(F)(F)C(F)(F)C(F)(F)C(F)C(F)F. The van der Waals surface area contributed by atoms with Gasteiger partial charge in [0.2, 0.25) is 12.0 Å². The highest BCUT2D eigenvalue weighted by Gasteiger charge is 2.78. The van der Waals surface area contributed by atoms with Gasteiger partial charge in [-0.2, -0.15) is 39.5 Å². The van der Waals surface area contributed by atoms with E-state index in [4.69, 9.17) is 0 Å². The van der Waals surface area contributed by atoms with Crippen LogP contribution in [0, 0.1) is 0 Å². The molecule has 0 aliphatic carbocycles. The normalized spacial score (nSPS) is 15.6. The van der Waals surface area contributed by atoms with Gasteiger partial charge in [0.1, 0.15) is 0 Å². The lowest BCUT2D eigenvalue weighted by molar-refractivity contribution is -0.326. The molecule has 0 rings (SSSR count). The van der Waals surface area contributed by atoms with Crippen molar-refractivity contribution in [2.45, 2.75) is 30.4 Å². The predicted octanol–water partition coefficient (Wildman–Crippen LogP) is 4.57. The summed E-state index contributed by atoms with van der Waals surface area (Å²) in [4.78, 5) is 0. The van der Waals surface area contributed by atoms with E-state index in [0.717, 1.165) is 0 Å². The lowest BCUT2D eigenvalue weighted by atomic mass is 9.99. The molecule has 0 aromatic rings. The molecule has 1 atom stereocenters. The van der Waals surface area contributed by atoms with Crippen LogP contribution in [-0.2, 0) is 0 Å². The first-order valence-electron chi connectivity index (χ1n) is 3.98. The molecule has 0 heterocycles. The molecule has 0 aromatic heterocycles. The molecule has 0 bridgehead atoms. The Hall–Kier alpha value is -1.10. The van der Waals surface area contributed by atoms with Crippen LogP contribution < -0.4 is 0 Å². The van der Waals surface area contributed by atoms with E-state index < -0.39 is 42.3 Å². The van der Waals surface area contributed by atoms with E-state index in [2.05, 4.69) is 0 Å². The van der Waals surface area contributed by atoms with Crippen molar-refractivity contribution >= 4 is 0 Å². The molecule has 0 spiro atoms. The van der Waals surface area contributed by atoms with Crippen LogP contribution in [-0.4, -0.2) is 30.4 Å². The van der Waals surface area contributed by atoms with Gasteiger partial charge < -0.3 is 0 Å². The van der Waals surface area contributed by atoms with Crippen LogP contribution >= 0.6 is 0 Å². The van der Waals surface area contributed by atoms with Crippen molar-refractivity contribution in [2.75, 3.05) is 0 Å². The highest BCUT2D eigenvalue weighted by molar-refractivity contribution is 5.15. The smallest absolute Gasteiger partial charge is 0.234 e. The summed E-state index contributed by atoms with van der Waals surface area (Å²) in [6.45, 7) is 0. The lowest BCUT2D eigenvalue weighted by Crippen LogP contribution is -2.60. The maximum absolute atomic E-state index is 12.5. The van der Waals surface area contributed by atoms with E-state index in [9.17, 15) is 52.7 Å². The van der Waals surface area contributed by atoms with Crippen LogP contribution in [0.2, 0.25) is 0 Å². The first kappa shape index (κ1) is 17.9. The molecule has 0 N–H and O–H groups in total. The van der Waals surface area contributed by atoms with E-state index in [1.54, 1.807) is 0 Å². The highest BCUT2D eigenvalue weighted by Crippen LogP contribution is 2.52. The highest BCUT2D eigenvalue weighted by atomic mass is 19.4. The van der Waals surface area contributed by atoms with Crippen LogP contribution in [0.3, 0.4) is 0 Å². The van der Waals surface area contributed by atoms with Gasteiger partial charge in [-0.25, -0.2) is 13.2 Å². The molecule has 114 valence electrons. The fourth-order valence-electron chi connectivity index (χ4n) is 0.797. The van der Waals surface area contributed by atoms with Crippen LogP contribution in [0.5, 0.6) is 0 Å². The molecule has 12 heteroatoms. The zero-order chi connectivity index (χ0) is 15.8. The Labute approximate surface area is 96.2 Å². The van der Waals surface area contributed by atoms with Crippen molar-refractivity contribution in [1.82, 2.24) is 0 Å². The Bertz CT molecular complexity index is 351. The van der Waals surface area contributed by atoms with Gasteiger partial charge in [-0.05, 0) is 0 Å². The van der Waals surface area contributed by atoms with Gasteiger partial charge in [0.05, 0.1) is 0 Å². The fraction of sp³-hybridized carbons (Fsp3) is 0.714. The Morgan fingerprint density at radius 1 is 0.737 bits per heavy atom. The zero-order valence-corrected chi connectivity index (χ0v) is 8.19. The van der Waals surface area contributed by atoms with Crippen LogP contribution in [0.25, 0.3) is 0 Å². The number of alkyl halides is 9. The third kappa shape index (κ3) is 2.76. The monoisotopic (exact) mass is 314 g/mol. The minimum atomic E-state index is -7.14. The van der Waals surface area contributed by atoms with E-state index in [-0.39, 0.29) is 0 Å². The van der Waals surface area contributed by atoms with Crippen LogP contribution in [0.4, 0.5) is 52.7 Å². The molecule has 0 fully saturated rings. The third-order valence-corrected chi connectivity index (χ3v) is 1.82. The molecule has 0 saturated heterocycles. The van der Waals surface area contributed by atoms with Gasteiger partial charge in [-0.15, -0.1) is 0 Å².